The van der Waals surface area contributed by atoms with E-state index in [1.807, 2.05) is 0 Å². The van der Waals surface area contributed by atoms with Gasteiger partial charge in [-0.05, 0) is 20.8 Å². The Hall–Kier alpha value is -1.59. The Morgan fingerprint density at radius 2 is 1.73 bits per heavy atom. The van der Waals surface area contributed by atoms with Gasteiger partial charge in [0.25, 0.3) is 0 Å². The molecule has 0 aromatic rings. The lowest BCUT2D eigenvalue weighted by atomic mass is 9.54. The molecule has 0 radical (unpaired) electrons. The van der Waals surface area contributed by atoms with E-state index in [9.17, 15) is 24.6 Å². The number of Topliss-reactive ketones (excluding diaryl/α,β-unsaturated/α-hetero) is 1. The average molecular weight is 466 g/mol. The lowest BCUT2D eigenvalue weighted by molar-refractivity contribution is -0.421. The lowest BCUT2D eigenvalue weighted by Gasteiger charge is -2.51. The number of aliphatic hydroxyl groups is 2. The van der Waals surface area contributed by atoms with Crippen molar-refractivity contribution in [3.05, 3.63) is 0 Å². The molecule has 6 heterocycles. The predicted molar refractivity (Wildman–Crippen MR) is 106 cm³/mol. The van der Waals surface area contributed by atoms with E-state index in [0.29, 0.717) is 0 Å². The minimum Gasteiger partial charge on any atom is -0.466 e. The van der Waals surface area contributed by atoms with Crippen LogP contribution in [0.3, 0.4) is 0 Å². The second-order valence-corrected chi connectivity index (χ2v) is 11.1. The van der Waals surface area contributed by atoms with E-state index in [4.69, 9.17) is 23.7 Å². The van der Waals surface area contributed by atoms with Gasteiger partial charge in [-0.2, -0.15) is 0 Å². The van der Waals surface area contributed by atoms with Gasteiger partial charge in [-0.25, -0.2) is 0 Å². The van der Waals surface area contributed by atoms with Crippen molar-refractivity contribution in [2.45, 2.75) is 82.1 Å². The number of esters is 2. The quantitative estimate of drug-likeness (QED) is 0.532. The van der Waals surface area contributed by atoms with Crippen LogP contribution in [-0.4, -0.2) is 75.1 Å². The number of hydrogen-bond donors (Lipinski definition) is 2. The third-order valence-corrected chi connectivity index (χ3v) is 9.85. The number of ketones is 1. The van der Waals surface area contributed by atoms with Crippen LogP contribution in [0, 0.1) is 35.5 Å². The topological polar surface area (TPSA) is 138 Å². The van der Waals surface area contributed by atoms with Gasteiger partial charge in [0.15, 0.2) is 17.5 Å². The molecule has 6 saturated heterocycles. The molecule has 33 heavy (non-hydrogen) atoms. The highest BCUT2D eigenvalue weighted by atomic mass is 16.8. The molecule has 10 heteroatoms. The molecule has 6 aliphatic heterocycles. The van der Waals surface area contributed by atoms with E-state index >= 15 is 0 Å². The standard InChI is InChI=1S/C23H30O10/c1-7-29-17(26)12-11-15(25)22(28)13-18(27)30-16-9(3)23(33-22,32-20(13,16)6)10(4)21(11)8(2)14(24)19(12,5)31-21/h8-14,16,24,28H,7H2,1-6H3/t8-,9+,10+,11+,12+,13-,14-,16-,19+,20-,21-,22-,23+/m1/s1. The molecule has 5 bridgehead atoms. The molecule has 13 atom stereocenters. The van der Waals surface area contributed by atoms with Crippen molar-refractivity contribution < 1.29 is 48.3 Å². The van der Waals surface area contributed by atoms with Crippen LogP contribution in [0.1, 0.15) is 41.5 Å². The zero-order valence-electron chi connectivity index (χ0n) is 19.5. The predicted octanol–water partition coefficient (Wildman–Crippen LogP) is -0.0793. The maximum absolute atomic E-state index is 14.3. The third-order valence-electron chi connectivity index (χ3n) is 9.85. The molecular weight excluding hydrogens is 436 g/mol. The maximum Gasteiger partial charge on any atom is 0.318 e. The van der Waals surface area contributed by atoms with Gasteiger partial charge < -0.3 is 33.9 Å². The van der Waals surface area contributed by atoms with Gasteiger partial charge in [-0.1, -0.05) is 20.8 Å². The van der Waals surface area contributed by atoms with Gasteiger partial charge in [0, 0.05) is 11.8 Å². The second-order valence-electron chi connectivity index (χ2n) is 11.1. The number of carbonyl (C=O) groups is 3. The molecule has 10 nitrogen and oxygen atoms in total. The first kappa shape index (κ1) is 21.9. The number of ether oxygens (including phenoxy) is 5. The summed E-state index contributed by atoms with van der Waals surface area (Å²) in [4.78, 5) is 40.4. The van der Waals surface area contributed by atoms with Crippen molar-refractivity contribution in [2.24, 2.45) is 35.5 Å². The summed E-state index contributed by atoms with van der Waals surface area (Å²) in [7, 11) is 0. The minimum atomic E-state index is -2.58. The van der Waals surface area contributed by atoms with Gasteiger partial charge in [0.1, 0.15) is 23.2 Å². The molecule has 6 aliphatic rings. The molecule has 0 unspecified atom stereocenters. The summed E-state index contributed by atoms with van der Waals surface area (Å²) in [6.07, 6.45) is -1.82. The van der Waals surface area contributed by atoms with Crippen molar-refractivity contribution >= 4 is 17.7 Å². The first-order valence-electron chi connectivity index (χ1n) is 11.7. The first-order valence-corrected chi connectivity index (χ1v) is 11.7. The molecule has 2 spiro atoms. The normalized spacial score (nSPS) is 62.2. The fourth-order valence-electron chi connectivity index (χ4n) is 8.51. The van der Waals surface area contributed by atoms with Crippen LogP contribution in [0.2, 0.25) is 0 Å². The third kappa shape index (κ3) is 1.91. The summed E-state index contributed by atoms with van der Waals surface area (Å²) >= 11 is 0. The molecule has 182 valence electrons. The summed E-state index contributed by atoms with van der Waals surface area (Å²) < 4.78 is 30.1. The van der Waals surface area contributed by atoms with Gasteiger partial charge >= 0.3 is 11.9 Å². The molecular formula is C23H30O10. The summed E-state index contributed by atoms with van der Waals surface area (Å²) in [5, 5.41) is 23.1. The molecule has 0 aromatic heterocycles. The van der Waals surface area contributed by atoms with Crippen molar-refractivity contribution in [3.8, 4) is 0 Å². The highest BCUT2D eigenvalue weighted by Crippen LogP contribution is 2.73. The van der Waals surface area contributed by atoms with Gasteiger partial charge in [0.05, 0.1) is 30.1 Å². The number of hydrogen-bond acceptors (Lipinski definition) is 10. The van der Waals surface area contributed by atoms with Crippen molar-refractivity contribution in [3.63, 3.8) is 0 Å². The summed E-state index contributed by atoms with van der Waals surface area (Å²) in [5.41, 5.74) is -4.13. The Bertz CT molecular complexity index is 998. The van der Waals surface area contributed by atoms with Crippen LogP contribution < -0.4 is 0 Å². The number of rotatable bonds is 2. The van der Waals surface area contributed by atoms with E-state index < -0.39 is 93.8 Å². The highest BCUT2D eigenvalue weighted by Gasteiger charge is 2.90. The summed E-state index contributed by atoms with van der Waals surface area (Å²) in [6, 6.07) is 0. The fraction of sp³-hybridized carbons (Fsp3) is 0.870. The molecule has 6 rings (SSSR count). The Labute approximate surface area is 190 Å². The van der Waals surface area contributed by atoms with E-state index in [0.717, 1.165) is 0 Å². The van der Waals surface area contributed by atoms with E-state index in [1.54, 1.807) is 41.5 Å². The second kappa shape index (κ2) is 5.79. The van der Waals surface area contributed by atoms with Crippen LogP contribution in [0.4, 0.5) is 0 Å². The SMILES string of the molecule is CCOC(=O)[C@@H]1[C@H]2C(=O)[C@]3(O)O[C@]4(O[C@@]5(C)[C@H](OC(=O)[C@H]53)[C@@H]4C)[C@@H](C)[C@@]23O[C@]1(C)[C@H](O)[C@H]3C. The van der Waals surface area contributed by atoms with Gasteiger partial charge in [-0.15, -0.1) is 0 Å². The van der Waals surface area contributed by atoms with Gasteiger partial charge in [0.2, 0.25) is 5.79 Å². The Morgan fingerprint density at radius 3 is 2.36 bits per heavy atom. The molecule has 2 N–H and O–H groups in total. The van der Waals surface area contributed by atoms with Crippen LogP contribution in [-0.2, 0) is 38.1 Å². The smallest absolute Gasteiger partial charge is 0.318 e. The highest BCUT2D eigenvalue weighted by molar-refractivity contribution is 5.99. The molecule has 6 fully saturated rings. The maximum atomic E-state index is 14.3. The van der Waals surface area contributed by atoms with Crippen LogP contribution in [0.15, 0.2) is 0 Å². The molecule has 0 saturated carbocycles. The summed E-state index contributed by atoms with van der Waals surface area (Å²) in [5.74, 6) is -12.1. The van der Waals surface area contributed by atoms with E-state index in [2.05, 4.69) is 0 Å². The zero-order valence-corrected chi connectivity index (χ0v) is 19.5. The number of aliphatic hydroxyl groups excluding tert-OH is 1. The van der Waals surface area contributed by atoms with Crippen LogP contribution >= 0.6 is 0 Å². The number of carbonyl (C=O) groups excluding carboxylic acids is 3. The first-order chi connectivity index (χ1) is 15.3. The van der Waals surface area contributed by atoms with Crippen molar-refractivity contribution in [1.82, 2.24) is 0 Å². The largest absolute Gasteiger partial charge is 0.466 e. The Kier molecular flexibility index (Phi) is 3.84. The van der Waals surface area contributed by atoms with Crippen molar-refractivity contribution in [2.75, 3.05) is 6.61 Å². The monoisotopic (exact) mass is 466 g/mol. The zero-order chi connectivity index (χ0) is 24.1. The fourth-order valence-corrected chi connectivity index (χ4v) is 8.51. The van der Waals surface area contributed by atoms with Crippen molar-refractivity contribution in [1.29, 1.82) is 0 Å². The molecule has 0 aliphatic carbocycles. The summed E-state index contributed by atoms with van der Waals surface area (Å²) in [6.45, 7) is 10.3. The number of fused-ring (bicyclic) bond motifs is 3. The lowest BCUT2D eigenvalue weighted by Crippen LogP contribution is -2.67. The van der Waals surface area contributed by atoms with Gasteiger partial charge in [-0.3, -0.25) is 14.4 Å². The van der Waals surface area contributed by atoms with Crippen LogP contribution in [0.5, 0.6) is 0 Å². The molecule has 0 aromatic carbocycles. The van der Waals surface area contributed by atoms with E-state index in [-0.39, 0.29) is 6.61 Å². The minimum absolute atomic E-state index is 0.0695. The molecule has 0 amide bonds. The Balaban J connectivity index is 1.64. The Morgan fingerprint density at radius 1 is 1.06 bits per heavy atom. The van der Waals surface area contributed by atoms with E-state index in [1.165, 1.54) is 0 Å². The average Bonchev–Trinajstić information content (AvgIpc) is 3.30. The van der Waals surface area contributed by atoms with Crippen LogP contribution in [0.25, 0.3) is 0 Å².